The second kappa shape index (κ2) is 9.03. The van der Waals surface area contributed by atoms with Gasteiger partial charge in [0.1, 0.15) is 11.4 Å². The lowest BCUT2D eigenvalue weighted by Gasteiger charge is -2.39. The maximum absolute atomic E-state index is 12.6. The van der Waals surface area contributed by atoms with Gasteiger partial charge in [-0.2, -0.15) is 0 Å². The molecule has 1 N–H and O–H groups in total. The molecule has 0 fully saturated rings. The van der Waals surface area contributed by atoms with Gasteiger partial charge in [0.2, 0.25) is 15.9 Å². The molecule has 0 aromatic heterocycles. The topological polar surface area (TPSA) is 84.9 Å². The molecular weight excluding hydrogens is 368 g/mol. The number of nitrogens with zero attached hydrogens (tertiary/aromatic N) is 1. The molecular formula is C19H30N2O5S. The lowest BCUT2D eigenvalue weighted by atomic mass is 10.1. The summed E-state index contributed by atoms with van der Waals surface area (Å²) < 4.78 is 39.0. The van der Waals surface area contributed by atoms with Gasteiger partial charge in [-0.05, 0) is 44.9 Å². The van der Waals surface area contributed by atoms with E-state index in [2.05, 4.69) is 11.6 Å². The van der Waals surface area contributed by atoms with Crippen LogP contribution >= 0.6 is 0 Å². The standard InChI is InChI=1S/C19H30N2O5S/c1-5-6-11-25-12-7-10-20-27(23,24)16-8-9-18-17(13-16)21(15(2)22)14-19(3,4)26-18/h8-9,13,20H,5-7,10-12,14H2,1-4H3. The average molecular weight is 399 g/mol. The van der Waals surface area contributed by atoms with Crippen LogP contribution in [0.5, 0.6) is 5.75 Å². The van der Waals surface area contributed by atoms with Crippen molar-refractivity contribution in [2.75, 3.05) is 31.2 Å². The summed E-state index contributed by atoms with van der Waals surface area (Å²) in [4.78, 5) is 13.7. The van der Waals surface area contributed by atoms with Crippen LogP contribution in [0.1, 0.15) is 47.0 Å². The minimum atomic E-state index is -3.67. The van der Waals surface area contributed by atoms with E-state index in [1.165, 1.54) is 19.1 Å². The molecule has 0 saturated heterocycles. The molecule has 7 nitrogen and oxygen atoms in total. The Bertz CT molecular complexity index is 761. The summed E-state index contributed by atoms with van der Waals surface area (Å²) in [5, 5.41) is 0. The molecule has 1 aliphatic rings. The largest absolute Gasteiger partial charge is 0.484 e. The van der Waals surface area contributed by atoms with Crippen molar-refractivity contribution in [1.82, 2.24) is 4.72 Å². The third-order valence-corrected chi connectivity index (χ3v) is 5.70. The van der Waals surface area contributed by atoms with Crippen molar-refractivity contribution >= 4 is 21.6 Å². The van der Waals surface area contributed by atoms with Crippen LogP contribution in [-0.2, 0) is 19.6 Å². The van der Waals surface area contributed by atoms with Crippen LogP contribution < -0.4 is 14.4 Å². The first-order valence-corrected chi connectivity index (χ1v) is 10.8. The number of hydrogen-bond acceptors (Lipinski definition) is 5. The maximum Gasteiger partial charge on any atom is 0.240 e. The lowest BCUT2D eigenvalue weighted by molar-refractivity contribution is -0.117. The van der Waals surface area contributed by atoms with Gasteiger partial charge in [-0.3, -0.25) is 4.79 Å². The Balaban J connectivity index is 2.06. The van der Waals surface area contributed by atoms with Gasteiger partial charge in [-0.15, -0.1) is 0 Å². The highest BCUT2D eigenvalue weighted by Gasteiger charge is 2.34. The van der Waals surface area contributed by atoms with E-state index in [4.69, 9.17) is 9.47 Å². The molecule has 1 aromatic carbocycles. The smallest absolute Gasteiger partial charge is 0.240 e. The number of nitrogens with one attached hydrogen (secondary N) is 1. The summed E-state index contributed by atoms with van der Waals surface area (Å²) in [7, 11) is -3.67. The molecule has 1 heterocycles. The molecule has 0 unspecified atom stereocenters. The summed E-state index contributed by atoms with van der Waals surface area (Å²) in [5.41, 5.74) is -0.0534. The number of sulfonamides is 1. The molecule has 0 atom stereocenters. The molecule has 0 saturated carbocycles. The van der Waals surface area contributed by atoms with Crippen molar-refractivity contribution in [3.05, 3.63) is 18.2 Å². The van der Waals surface area contributed by atoms with Gasteiger partial charge in [-0.25, -0.2) is 13.1 Å². The highest BCUT2D eigenvalue weighted by molar-refractivity contribution is 7.89. The molecule has 0 bridgehead atoms. The van der Waals surface area contributed by atoms with Gasteiger partial charge in [0.15, 0.2) is 0 Å². The molecule has 0 radical (unpaired) electrons. The molecule has 1 amide bonds. The Labute approximate surface area is 162 Å². The van der Waals surface area contributed by atoms with Crippen LogP contribution in [0.2, 0.25) is 0 Å². The zero-order valence-corrected chi connectivity index (χ0v) is 17.4. The van der Waals surface area contributed by atoms with Crippen LogP contribution in [0.3, 0.4) is 0 Å². The van der Waals surface area contributed by atoms with E-state index in [1.54, 1.807) is 11.0 Å². The fraction of sp³-hybridized carbons (Fsp3) is 0.632. The van der Waals surface area contributed by atoms with E-state index in [-0.39, 0.29) is 10.8 Å². The zero-order chi connectivity index (χ0) is 20.1. The fourth-order valence-corrected chi connectivity index (χ4v) is 3.94. The Morgan fingerprint density at radius 3 is 2.67 bits per heavy atom. The van der Waals surface area contributed by atoms with Crippen molar-refractivity contribution in [2.24, 2.45) is 0 Å². The first kappa shape index (κ1) is 21.7. The highest BCUT2D eigenvalue weighted by atomic mass is 32.2. The van der Waals surface area contributed by atoms with E-state index in [0.717, 1.165) is 12.8 Å². The van der Waals surface area contributed by atoms with Crippen LogP contribution in [-0.4, -0.2) is 46.2 Å². The third-order valence-electron chi connectivity index (χ3n) is 4.24. The summed E-state index contributed by atoms with van der Waals surface area (Å²) >= 11 is 0. The van der Waals surface area contributed by atoms with Crippen molar-refractivity contribution in [3.63, 3.8) is 0 Å². The number of anilines is 1. The molecule has 1 aliphatic heterocycles. The number of carbonyl (C=O) groups excluding carboxylic acids is 1. The van der Waals surface area contributed by atoms with E-state index in [1.807, 2.05) is 13.8 Å². The normalized spacial score (nSPS) is 15.9. The van der Waals surface area contributed by atoms with Crippen molar-refractivity contribution < 1.29 is 22.7 Å². The van der Waals surface area contributed by atoms with Crippen molar-refractivity contribution in [1.29, 1.82) is 0 Å². The number of carbonyl (C=O) groups is 1. The van der Waals surface area contributed by atoms with Crippen molar-refractivity contribution in [2.45, 2.75) is 57.5 Å². The molecule has 152 valence electrons. The van der Waals surface area contributed by atoms with Gasteiger partial charge in [-0.1, -0.05) is 13.3 Å². The minimum absolute atomic E-state index is 0.114. The number of benzene rings is 1. The summed E-state index contributed by atoms with van der Waals surface area (Å²) in [6, 6.07) is 4.60. The van der Waals surface area contributed by atoms with Gasteiger partial charge < -0.3 is 14.4 Å². The molecule has 8 heteroatoms. The number of fused-ring (bicyclic) bond motifs is 1. The number of ether oxygens (including phenoxy) is 2. The maximum atomic E-state index is 12.6. The molecule has 27 heavy (non-hydrogen) atoms. The first-order chi connectivity index (χ1) is 12.7. The van der Waals surface area contributed by atoms with Crippen LogP contribution in [0.15, 0.2) is 23.1 Å². The Morgan fingerprint density at radius 1 is 1.30 bits per heavy atom. The number of rotatable bonds is 9. The highest BCUT2D eigenvalue weighted by Crippen LogP contribution is 2.38. The Kier molecular flexibility index (Phi) is 7.25. The first-order valence-electron chi connectivity index (χ1n) is 9.35. The molecule has 1 aromatic rings. The number of hydrogen-bond donors (Lipinski definition) is 1. The van der Waals surface area contributed by atoms with E-state index >= 15 is 0 Å². The zero-order valence-electron chi connectivity index (χ0n) is 16.6. The molecule has 0 spiro atoms. The second-order valence-electron chi connectivity index (χ2n) is 7.31. The summed E-state index contributed by atoms with van der Waals surface area (Å²) in [6.07, 6.45) is 2.68. The van der Waals surface area contributed by atoms with Gasteiger partial charge in [0.25, 0.3) is 0 Å². The Hall–Kier alpha value is -1.64. The number of unbranched alkanes of at least 4 members (excludes halogenated alkanes) is 1. The van der Waals surface area contributed by atoms with Crippen LogP contribution in [0.25, 0.3) is 0 Å². The monoisotopic (exact) mass is 398 g/mol. The van der Waals surface area contributed by atoms with Gasteiger partial charge in [0.05, 0.1) is 17.1 Å². The fourth-order valence-electron chi connectivity index (χ4n) is 2.85. The predicted molar refractivity (Wildman–Crippen MR) is 105 cm³/mol. The van der Waals surface area contributed by atoms with E-state index in [0.29, 0.717) is 44.2 Å². The molecule has 2 rings (SSSR count). The summed E-state index contributed by atoms with van der Waals surface area (Å²) in [6.45, 7) is 9.21. The molecule has 0 aliphatic carbocycles. The number of amides is 1. The lowest BCUT2D eigenvalue weighted by Crippen LogP contribution is -2.48. The van der Waals surface area contributed by atoms with E-state index < -0.39 is 15.6 Å². The van der Waals surface area contributed by atoms with Crippen LogP contribution in [0.4, 0.5) is 5.69 Å². The van der Waals surface area contributed by atoms with E-state index in [9.17, 15) is 13.2 Å². The average Bonchev–Trinajstić information content (AvgIpc) is 2.59. The SMILES string of the molecule is CCCCOCCCNS(=O)(=O)c1ccc2c(c1)N(C(C)=O)CC(C)(C)O2. The Morgan fingerprint density at radius 2 is 2.00 bits per heavy atom. The van der Waals surface area contributed by atoms with Crippen molar-refractivity contribution in [3.8, 4) is 5.75 Å². The summed E-state index contributed by atoms with van der Waals surface area (Å²) in [5.74, 6) is 0.351. The van der Waals surface area contributed by atoms with Gasteiger partial charge >= 0.3 is 0 Å². The third kappa shape index (κ3) is 5.92. The minimum Gasteiger partial charge on any atom is -0.484 e. The van der Waals surface area contributed by atoms with Crippen LogP contribution in [0, 0.1) is 0 Å². The van der Waals surface area contributed by atoms with Gasteiger partial charge in [0, 0.05) is 26.7 Å². The quantitative estimate of drug-likeness (QED) is 0.647. The predicted octanol–water partition coefficient (Wildman–Crippen LogP) is 2.70. The second-order valence-corrected chi connectivity index (χ2v) is 9.08.